The van der Waals surface area contributed by atoms with E-state index in [9.17, 15) is 4.79 Å². The molecule has 1 aromatic heterocycles. The fourth-order valence-corrected chi connectivity index (χ4v) is 2.87. The Bertz CT molecular complexity index is 445. The van der Waals surface area contributed by atoms with Gasteiger partial charge in [0.1, 0.15) is 5.69 Å². The molecule has 0 radical (unpaired) electrons. The summed E-state index contributed by atoms with van der Waals surface area (Å²) in [6.45, 7) is 3.82. The number of aromatic nitrogens is 1. The summed E-state index contributed by atoms with van der Waals surface area (Å²) in [5.41, 5.74) is 6.67. The molecule has 3 heterocycles. The first-order valence-corrected chi connectivity index (χ1v) is 6.49. The van der Waals surface area contributed by atoms with Crippen molar-refractivity contribution in [2.45, 2.75) is 18.9 Å². The summed E-state index contributed by atoms with van der Waals surface area (Å²) in [5.74, 6) is 0.0292. The van der Waals surface area contributed by atoms with Gasteiger partial charge >= 0.3 is 0 Å². The molecule has 5 heteroatoms. The average molecular weight is 246 g/mol. The van der Waals surface area contributed by atoms with Gasteiger partial charge in [-0.3, -0.25) is 9.69 Å². The van der Waals surface area contributed by atoms with Gasteiger partial charge in [0.2, 0.25) is 0 Å². The summed E-state index contributed by atoms with van der Waals surface area (Å²) >= 11 is 0. The van der Waals surface area contributed by atoms with Gasteiger partial charge in [-0.05, 0) is 31.5 Å². The molecule has 3 rings (SSSR count). The second-order valence-electron chi connectivity index (χ2n) is 5.06. The molecular formula is C13H18N4O. The third-order valence-corrected chi connectivity index (χ3v) is 3.88. The number of nitrogen functional groups attached to an aromatic ring is 1. The van der Waals surface area contributed by atoms with Gasteiger partial charge in [0.25, 0.3) is 5.91 Å². The molecule has 1 amide bonds. The normalized spacial score (nSPS) is 24.0. The van der Waals surface area contributed by atoms with Crippen molar-refractivity contribution < 1.29 is 4.79 Å². The van der Waals surface area contributed by atoms with Crippen LogP contribution in [0.4, 0.5) is 5.69 Å². The van der Waals surface area contributed by atoms with Gasteiger partial charge in [-0.2, -0.15) is 0 Å². The number of amides is 1. The summed E-state index contributed by atoms with van der Waals surface area (Å²) in [7, 11) is 0. The van der Waals surface area contributed by atoms with Crippen LogP contribution in [-0.4, -0.2) is 52.9 Å². The number of anilines is 1. The van der Waals surface area contributed by atoms with Crippen molar-refractivity contribution >= 4 is 11.6 Å². The molecule has 2 saturated heterocycles. The Kier molecular flexibility index (Phi) is 2.91. The van der Waals surface area contributed by atoms with Gasteiger partial charge in [-0.15, -0.1) is 0 Å². The fraction of sp³-hybridized carbons (Fsp3) is 0.538. The lowest BCUT2D eigenvalue weighted by Crippen LogP contribution is -2.52. The van der Waals surface area contributed by atoms with Crippen LogP contribution in [0.15, 0.2) is 18.3 Å². The molecule has 2 aliphatic rings. The highest BCUT2D eigenvalue weighted by molar-refractivity contribution is 5.92. The van der Waals surface area contributed by atoms with E-state index in [4.69, 9.17) is 5.73 Å². The lowest BCUT2D eigenvalue weighted by molar-refractivity contribution is 0.0566. The summed E-state index contributed by atoms with van der Waals surface area (Å²) in [5, 5.41) is 0. The van der Waals surface area contributed by atoms with Gasteiger partial charge in [0.15, 0.2) is 0 Å². The lowest BCUT2D eigenvalue weighted by atomic mass is 10.1. The minimum Gasteiger partial charge on any atom is -0.397 e. The summed E-state index contributed by atoms with van der Waals surface area (Å²) < 4.78 is 0. The van der Waals surface area contributed by atoms with E-state index >= 15 is 0 Å². The molecule has 0 aromatic carbocycles. The maximum Gasteiger partial charge on any atom is 0.272 e. The Balaban J connectivity index is 1.71. The van der Waals surface area contributed by atoms with Crippen molar-refractivity contribution in [3.05, 3.63) is 24.0 Å². The van der Waals surface area contributed by atoms with Crippen molar-refractivity contribution in [2.75, 3.05) is 31.9 Å². The molecule has 1 unspecified atom stereocenters. The Morgan fingerprint density at radius 1 is 1.33 bits per heavy atom. The highest BCUT2D eigenvalue weighted by atomic mass is 16.2. The Morgan fingerprint density at radius 3 is 3.00 bits per heavy atom. The number of pyridine rings is 1. The maximum absolute atomic E-state index is 12.3. The van der Waals surface area contributed by atoms with E-state index in [1.807, 2.05) is 4.90 Å². The predicted molar refractivity (Wildman–Crippen MR) is 69.1 cm³/mol. The number of nitrogens with zero attached hydrogens (tertiary/aromatic N) is 3. The lowest BCUT2D eigenvalue weighted by Gasteiger charge is -2.37. The van der Waals surface area contributed by atoms with Crippen LogP contribution < -0.4 is 5.73 Å². The third kappa shape index (κ3) is 2.06. The number of rotatable bonds is 1. The smallest absolute Gasteiger partial charge is 0.272 e. The monoisotopic (exact) mass is 246 g/mol. The van der Waals surface area contributed by atoms with Crippen LogP contribution in [0.2, 0.25) is 0 Å². The van der Waals surface area contributed by atoms with E-state index in [1.165, 1.54) is 19.4 Å². The summed E-state index contributed by atoms with van der Waals surface area (Å²) in [6.07, 6.45) is 4.00. The largest absolute Gasteiger partial charge is 0.397 e. The molecule has 0 spiro atoms. The van der Waals surface area contributed by atoms with Crippen molar-refractivity contribution in [1.82, 2.24) is 14.8 Å². The SMILES string of the molecule is Nc1ccc(C(=O)N2CCN3CCCC3C2)nc1. The molecule has 2 N–H and O–H groups in total. The maximum atomic E-state index is 12.3. The van der Waals surface area contributed by atoms with Crippen LogP contribution in [0.25, 0.3) is 0 Å². The van der Waals surface area contributed by atoms with E-state index < -0.39 is 0 Å². The first kappa shape index (κ1) is 11.5. The Labute approximate surface area is 107 Å². The van der Waals surface area contributed by atoms with E-state index in [0.717, 1.165) is 19.6 Å². The summed E-state index contributed by atoms with van der Waals surface area (Å²) in [6, 6.07) is 3.99. The van der Waals surface area contributed by atoms with Crippen LogP contribution in [0.3, 0.4) is 0 Å². The average Bonchev–Trinajstić information content (AvgIpc) is 2.86. The van der Waals surface area contributed by atoms with Crippen molar-refractivity contribution in [1.29, 1.82) is 0 Å². The number of piperazine rings is 1. The first-order chi connectivity index (χ1) is 8.74. The topological polar surface area (TPSA) is 62.5 Å². The van der Waals surface area contributed by atoms with Crippen molar-refractivity contribution in [3.8, 4) is 0 Å². The van der Waals surface area contributed by atoms with Crippen molar-refractivity contribution in [2.24, 2.45) is 0 Å². The molecule has 0 saturated carbocycles. The number of hydrogen-bond donors (Lipinski definition) is 1. The van der Waals surface area contributed by atoms with E-state index in [2.05, 4.69) is 9.88 Å². The molecule has 5 nitrogen and oxygen atoms in total. The number of nitrogens with two attached hydrogens (primary N) is 1. The Morgan fingerprint density at radius 2 is 2.22 bits per heavy atom. The molecule has 1 atom stereocenters. The standard InChI is InChI=1S/C13H18N4O/c14-10-3-4-12(15-8-10)13(18)17-7-6-16-5-1-2-11(16)9-17/h3-4,8,11H,1-2,5-7,9,14H2. The van der Waals surface area contributed by atoms with E-state index in [-0.39, 0.29) is 5.91 Å². The Hall–Kier alpha value is -1.62. The van der Waals surface area contributed by atoms with Crippen molar-refractivity contribution in [3.63, 3.8) is 0 Å². The van der Waals surface area contributed by atoms with Crippen LogP contribution in [-0.2, 0) is 0 Å². The minimum atomic E-state index is 0.0292. The van der Waals surface area contributed by atoms with E-state index in [0.29, 0.717) is 17.4 Å². The number of carbonyl (C=O) groups excluding carboxylic acids is 1. The predicted octanol–water partition coefficient (Wildman–Crippen LogP) is 0.584. The highest BCUT2D eigenvalue weighted by Gasteiger charge is 2.32. The molecule has 2 aliphatic heterocycles. The molecular weight excluding hydrogens is 228 g/mol. The van der Waals surface area contributed by atoms with Crippen LogP contribution in [0.1, 0.15) is 23.3 Å². The number of hydrogen-bond acceptors (Lipinski definition) is 4. The number of fused-ring (bicyclic) bond motifs is 1. The molecule has 96 valence electrons. The van der Waals surface area contributed by atoms with Crippen LogP contribution in [0, 0.1) is 0 Å². The molecule has 0 bridgehead atoms. The first-order valence-electron chi connectivity index (χ1n) is 6.49. The second-order valence-corrected chi connectivity index (χ2v) is 5.06. The van der Waals surface area contributed by atoms with Gasteiger partial charge in [0.05, 0.1) is 11.9 Å². The molecule has 18 heavy (non-hydrogen) atoms. The summed E-state index contributed by atoms with van der Waals surface area (Å²) in [4.78, 5) is 20.8. The third-order valence-electron chi connectivity index (χ3n) is 3.88. The molecule has 0 aliphatic carbocycles. The van der Waals surface area contributed by atoms with Gasteiger partial charge in [-0.25, -0.2) is 4.98 Å². The zero-order valence-corrected chi connectivity index (χ0v) is 10.4. The minimum absolute atomic E-state index is 0.0292. The number of carbonyl (C=O) groups is 1. The quantitative estimate of drug-likeness (QED) is 0.787. The second kappa shape index (κ2) is 4.57. The van der Waals surface area contributed by atoms with Gasteiger partial charge in [-0.1, -0.05) is 0 Å². The fourth-order valence-electron chi connectivity index (χ4n) is 2.87. The molecule has 2 fully saturated rings. The zero-order chi connectivity index (χ0) is 12.5. The van der Waals surface area contributed by atoms with Crippen LogP contribution >= 0.6 is 0 Å². The van der Waals surface area contributed by atoms with E-state index in [1.54, 1.807) is 18.3 Å². The molecule has 1 aromatic rings. The van der Waals surface area contributed by atoms with Gasteiger partial charge < -0.3 is 10.6 Å². The van der Waals surface area contributed by atoms with Crippen LogP contribution in [0.5, 0.6) is 0 Å². The zero-order valence-electron chi connectivity index (χ0n) is 10.4. The van der Waals surface area contributed by atoms with Gasteiger partial charge in [0, 0.05) is 25.7 Å². The highest BCUT2D eigenvalue weighted by Crippen LogP contribution is 2.22.